The molecular formula is C17H14N4O3S. The van der Waals surface area contributed by atoms with Gasteiger partial charge in [0.15, 0.2) is 5.78 Å². The fourth-order valence-corrected chi connectivity index (χ4v) is 3.21. The SMILES string of the molecule is CC(=O)c1ccc(Cc2csc(CC(=O)C(=O)c3nn[nH]n3)c2)cc1. The van der Waals surface area contributed by atoms with Crippen molar-refractivity contribution in [1.82, 2.24) is 20.6 Å². The monoisotopic (exact) mass is 354 g/mol. The number of aromatic nitrogens is 4. The molecule has 8 heteroatoms. The highest BCUT2D eigenvalue weighted by Crippen LogP contribution is 2.19. The van der Waals surface area contributed by atoms with Gasteiger partial charge in [0.1, 0.15) is 0 Å². The maximum atomic E-state index is 12.0. The number of carbonyl (C=O) groups is 3. The zero-order valence-corrected chi connectivity index (χ0v) is 14.2. The van der Waals surface area contributed by atoms with Gasteiger partial charge in [-0.15, -0.1) is 21.5 Å². The Bertz CT molecular complexity index is 914. The molecule has 3 aromatic rings. The number of benzene rings is 1. The van der Waals surface area contributed by atoms with Crippen molar-refractivity contribution < 1.29 is 14.4 Å². The lowest BCUT2D eigenvalue weighted by Crippen LogP contribution is -2.17. The Morgan fingerprint density at radius 2 is 1.88 bits per heavy atom. The van der Waals surface area contributed by atoms with E-state index in [1.807, 2.05) is 23.6 Å². The largest absolute Gasteiger partial charge is 0.295 e. The summed E-state index contributed by atoms with van der Waals surface area (Å²) in [6, 6.07) is 9.35. The Kier molecular flexibility index (Phi) is 4.90. The first-order valence-electron chi connectivity index (χ1n) is 7.50. The van der Waals surface area contributed by atoms with E-state index in [-0.39, 0.29) is 18.0 Å². The van der Waals surface area contributed by atoms with Gasteiger partial charge in [-0.2, -0.15) is 5.21 Å². The number of rotatable bonds is 7. The molecule has 126 valence electrons. The Hall–Kier alpha value is -3.00. The molecule has 0 atom stereocenters. The molecule has 0 fully saturated rings. The number of nitrogens with zero attached hydrogens (tertiary/aromatic N) is 3. The first-order valence-corrected chi connectivity index (χ1v) is 8.38. The summed E-state index contributed by atoms with van der Waals surface area (Å²) in [5.41, 5.74) is 2.80. The molecule has 1 N–H and O–H groups in total. The highest BCUT2D eigenvalue weighted by Gasteiger charge is 2.21. The quantitative estimate of drug-likeness (QED) is 0.514. The van der Waals surface area contributed by atoms with Crippen LogP contribution in [-0.2, 0) is 17.6 Å². The number of nitrogens with one attached hydrogen (secondary N) is 1. The van der Waals surface area contributed by atoms with Crippen LogP contribution in [0.4, 0.5) is 0 Å². The molecule has 0 unspecified atom stereocenters. The van der Waals surface area contributed by atoms with E-state index in [1.165, 1.54) is 18.3 Å². The number of H-pyrrole nitrogens is 1. The smallest absolute Gasteiger partial charge is 0.269 e. The van der Waals surface area contributed by atoms with E-state index in [1.54, 1.807) is 12.1 Å². The van der Waals surface area contributed by atoms with Gasteiger partial charge in [0, 0.05) is 16.9 Å². The first kappa shape index (κ1) is 16.8. The summed E-state index contributed by atoms with van der Waals surface area (Å²) in [6.45, 7) is 1.53. The van der Waals surface area contributed by atoms with Gasteiger partial charge in [-0.05, 0) is 41.1 Å². The number of ketones is 3. The number of thiophene rings is 1. The summed E-state index contributed by atoms with van der Waals surface area (Å²) in [6.07, 6.45) is 0.711. The zero-order chi connectivity index (χ0) is 17.8. The van der Waals surface area contributed by atoms with E-state index < -0.39 is 11.6 Å². The van der Waals surface area contributed by atoms with Crippen LogP contribution in [0.2, 0.25) is 0 Å². The van der Waals surface area contributed by atoms with Crippen molar-refractivity contribution in [2.45, 2.75) is 19.8 Å². The molecule has 0 saturated carbocycles. The number of hydrogen-bond acceptors (Lipinski definition) is 7. The van der Waals surface area contributed by atoms with Crippen LogP contribution >= 0.6 is 11.3 Å². The van der Waals surface area contributed by atoms with Crippen LogP contribution in [-0.4, -0.2) is 38.0 Å². The zero-order valence-electron chi connectivity index (χ0n) is 13.4. The van der Waals surface area contributed by atoms with Crippen LogP contribution in [0.15, 0.2) is 35.7 Å². The van der Waals surface area contributed by atoms with Crippen LogP contribution in [0.3, 0.4) is 0 Å². The number of aromatic amines is 1. The van der Waals surface area contributed by atoms with E-state index in [9.17, 15) is 14.4 Å². The van der Waals surface area contributed by atoms with E-state index in [4.69, 9.17) is 0 Å². The fraction of sp³-hybridized carbons (Fsp3) is 0.176. The van der Waals surface area contributed by atoms with E-state index >= 15 is 0 Å². The molecule has 0 bridgehead atoms. The molecule has 0 radical (unpaired) electrons. The van der Waals surface area contributed by atoms with Gasteiger partial charge in [0.05, 0.1) is 0 Å². The molecule has 3 rings (SSSR count). The van der Waals surface area contributed by atoms with E-state index in [2.05, 4.69) is 20.6 Å². The molecule has 0 spiro atoms. The summed E-state index contributed by atoms with van der Waals surface area (Å²) in [4.78, 5) is 35.9. The van der Waals surface area contributed by atoms with Crippen LogP contribution in [0.5, 0.6) is 0 Å². The lowest BCUT2D eigenvalue weighted by molar-refractivity contribution is -0.114. The fourth-order valence-electron chi connectivity index (χ4n) is 2.33. The highest BCUT2D eigenvalue weighted by molar-refractivity contribution is 7.10. The molecule has 0 saturated heterocycles. The first-order chi connectivity index (χ1) is 12.0. The van der Waals surface area contributed by atoms with Gasteiger partial charge in [-0.3, -0.25) is 14.4 Å². The third kappa shape index (κ3) is 4.10. The van der Waals surface area contributed by atoms with Gasteiger partial charge >= 0.3 is 0 Å². The number of tetrazole rings is 1. The van der Waals surface area contributed by atoms with Crippen molar-refractivity contribution in [3.05, 3.63) is 63.1 Å². The number of Topliss-reactive ketones (excluding diaryl/α,β-unsaturated/α-hetero) is 3. The topological polar surface area (TPSA) is 106 Å². The Balaban J connectivity index is 1.63. The molecule has 2 aromatic heterocycles. The average Bonchev–Trinajstić information content (AvgIpc) is 3.27. The molecular weight excluding hydrogens is 340 g/mol. The lowest BCUT2D eigenvalue weighted by Gasteiger charge is -2.00. The normalized spacial score (nSPS) is 10.6. The summed E-state index contributed by atoms with van der Waals surface area (Å²) in [5, 5.41) is 14.4. The number of hydrogen-bond donors (Lipinski definition) is 1. The standard InChI is InChI=1S/C17H14N4O3S/c1-10(22)13-4-2-11(3-5-13)6-12-7-14(25-9-12)8-15(23)16(24)17-18-20-21-19-17/h2-5,7,9H,6,8H2,1H3,(H,18,19,20,21). The van der Waals surface area contributed by atoms with Crippen molar-refractivity contribution in [3.8, 4) is 0 Å². The molecule has 0 aliphatic rings. The minimum Gasteiger partial charge on any atom is -0.295 e. The molecule has 0 amide bonds. The summed E-state index contributed by atoms with van der Waals surface area (Å²) < 4.78 is 0. The summed E-state index contributed by atoms with van der Waals surface area (Å²) in [5.74, 6) is -1.49. The van der Waals surface area contributed by atoms with Crippen molar-refractivity contribution in [1.29, 1.82) is 0 Å². The Morgan fingerprint density at radius 3 is 2.52 bits per heavy atom. The van der Waals surface area contributed by atoms with Crippen LogP contribution in [0, 0.1) is 0 Å². The summed E-state index contributed by atoms with van der Waals surface area (Å²) in [7, 11) is 0. The molecule has 0 aliphatic carbocycles. The minimum absolute atomic E-state index is 0.0152. The third-order valence-corrected chi connectivity index (χ3v) is 4.60. The van der Waals surface area contributed by atoms with Gasteiger partial charge in [-0.25, -0.2) is 0 Å². The predicted octanol–water partition coefficient (Wildman–Crippen LogP) is 2.05. The number of carbonyl (C=O) groups excluding carboxylic acids is 3. The van der Waals surface area contributed by atoms with Crippen molar-refractivity contribution in [2.75, 3.05) is 0 Å². The second kappa shape index (κ2) is 7.27. The van der Waals surface area contributed by atoms with Gasteiger partial charge < -0.3 is 0 Å². The predicted molar refractivity (Wildman–Crippen MR) is 90.8 cm³/mol. The van der Waals surface area contributed by atoms with Gasteiger partial charge in [-0.1, -0.05) is 24.3 Å². The van der Waals surface area contributed by atoms with Crippen LogP contribution in [0.1, 0.15) is 43.9 Å². The Morgan fingerprint density at radius 1 is 1.12 bits per heavy atom. The van der Waals surface area contributed by atoms with Gasteiger partial charge in [0.2, 0.25) is 11.6 Å². The van der Waals surface area contributed by atoms with E-state index in [0.717, 1.165) is 16.0 Å². The third-order valence-electron chi connectivity index (χ3n) is 3.61. The molecule has 2 heterocycles. The lowest BCUT2D eigenvalue weighted by atomic mass is 10.0. The molecule has 1 aromatic carbocycles. The Labute approximate surface area is 147 Å². The summed E-state index contributed by atoms with van der Waals surface area (Å²) >= 11 is 1.43. The van der Waals surface area contributed by atoms with Crippen LogP contribution < -0.4 is 0 Å². The van der Waals surface area contributed by atoms with E-state index in [0.29, 0.717) is 12.0 Å². The van der Waals surface area contributed by atoms with Gasteiger partial charge in [0.25, 0.3) is 5.78 Å². The van der Waals surface area contributed by atoms with Crippen molar-refractivity contribution in [2.24, 2.45) is 0 Å². The maximum Gasteiger partial charge on any atom is 0.269 e. The second-order valence-corrected chi connectivity index (χ2v) is 6.51. The van der Waals surface area contributed by atoms with Crippen molar-refractivity contribution in [3.63, 3.8) is 0 Å². The van der Waals surface area contributed by atoms with Crippen molar-refractivity contribution >= 4 is 28.7 Å². The minimum atomic E-state index is -0.747. The average molecular weight is 354 g/mol. The highest BCUT2D eigenvalue weighted by atomic mass is 32.1. The molecule has 0 aliphatic heterocycles. The van der Waals surface area contributed by atoms with Crippen LogP contribution in [0.25, 0.3) is 0 Å². The molecule has 7 nitrogen and oxygen atoms in total. The maximum absolute atomic E-state index is 12.0. The molecule has 25 heavy (non-hydrogen) atoms. The second-order valence-electron chi connectivity index (χ2n) is 5.52.